The van der Waals surface area contributed by atoms with Crippen LogP contribution in [0.3, 0.4) is 0 Å². The first-order valence-corrected chi connectivity index (χ1v) is 14.5. The average molecular weight is 557 g/mol. The Morgan fingerprint density at radius 1 is 1.17 bits per heavy atom. The maximum absolute atomic E-state index is 12.6. The molecule has 2 aromatic heterocycles. The molecule has 1 amide bonds. The van der Waals surface area contributed by atoms with Gasteiger partial charge in [-0.25, -0.2) is 4.98 Å². The maximum Gasteiger partial charge on any atom is 0.228 e. The predicted molar refractivity (Wildman–Crippen MR) is 151 cm³/mol. The van der Waals surface area contributed by atoms with Crippen LogP contribution in [0.15, 0.2) is 58.9 Å². The van der Waals surface area contributed by atoms with E-state index in [1.165, 1.54) is 0 Å². The molecule has 0 radical (unpaired) electrons. The summed E-state index contributed by atoms with van der Waals surface area (Å²) in [5, 5.41) is 4.29. The van der Waals surface area contributed by atoms with Crippen molar-refractivity contribution >= 4 is 5.91 Å². The van der Waals surface area contributed by atoms with Gasteiger partial charge >= 0.3 is 0 Å². The monoisotopic (exact) mass is 556 g/mol. The van der Waals surface area contributed by atoms with Crippen LogP contribution >= 0.6 is 0 Å². The molecular weight excluding hydrogens is 520 g/mol. The van der Waals surface area contributed by atoms with Gasteiger partial charge in [-0.1, -0.05) is 23.1 Å². The van der Waals surface area contributed by atoms with Crippen LogP contribution in [0, 0.1) is 17.8 Å². The van der Waals surface area contributed by atoms with Crippen molar-refractivity contribution in [1.82, 2.24) is 19.6 Å². The van der Waals surface area contributed by atoms with Gasteiger partial charge in [-0.3, -0.25) is 4.79 Å². The van der Waals surface area contributed by atoms with Crippen molar-refractivity contribution in [1.29, 1.82) is 0 Å². The topological polar surface area (TPSA) is 91.9 Å². The number of amides is 1. The zero-order valence-corrected chi connectivity index (χ0v) is 23.5. The molecule has 3 aliphatic rings. The SMILES string of the molecule is C[C@H](OC1CCCCO1)c1nccn1Cc1cc(-c2ccc(C#CC3=CCN(C(=O)C4CCOC4)CC3)cc2)on1. The van der Waals surface area contributed by atoms with Gasteiger partial charge in [0.25, 0.3) is 0 Å². The fraction of sp³-hybridized carbons (Fsp3) is 0.469. The molecule has 0 spiro atoms. The molecule has 0 N–H and O–H groups in total. The number of carbonyl (C=O) groups excluding carboxylic acids is 1. The number of rotatable bonds is 7. The Hall–Kier alpha value is -3.71. The van der Waals surface area contributed by atoms with Gasteiger partial charge in [0.05, 0.1) is 19.1 Å². The molecule has 3 aliphatic heterocycles. The number of nitrogens with zero attached hydrogens (tertiary/aromatic N) is 4. The van der Waals surface area contributed by atoms with Gasteiger partial charge in [0.2, 0.25) is 5.91 Å². The first-order chi connectivity index (χ1) is 20.1. The smallest absolute Gasteiger partial charge is 0.228 e. The Labute approximate surface area is 240 Å². The first kappa shape index (κ1) is 27.5. The van der Waals surface area contributed by atoms with Crippen molar-refractivity contribution in [3.8, 4) is 23.2 Å². The molecule has 6 rings (SSSR count). The molecule has 1 aromatic carbocycles. The van der Waals surface area contributed by atoms with Gasteiger partial charge in [0.1, 0.15) is 17.6 Å². The second-order valence-electron chi connectivity index (χ2n) is 10.8. The molecule has 9 heteroatoms. The summed E-state index contributed by atoms with van der Waals surface area (Å²) in [6, 6.07) is 9.93. The highest BCUT2D eigenvalue weighted by Gasteiger charge is 2.28. The van der Waals surface area contributed by atoms with Crippen molar-refractivity contribution in [2.45, 2.75) is 58.0 Å². The number of carbonyl (C=O) groups is 1. The third-order valence-corrected chi connectivity index (χ3v) is 7.83. The van der Waals surface area contributed by atoms with E-state index in [0.29, 0.717) is 38.6 Å². The summed E-state index contributed by atoms with van der Waals surface area (Å²) in [5.41, 5.74) is 3.75. The fourth-order valence-corrected chi connectivity index (χ4v) is 5.46. The van der Waals surface area contributed by atoms with Crippen LogP contribution < -0.4 is 0 Å². The lowest BCUT2D eigenvalue weighted by atomic mass is 10.0. The second kappa shape index (κ2) is 12.9. The van der Waals surface area contributed by atoms with Crippen molar-refractivity contribution in [3.63, 3.8) is 0 Å². The van der Waals surface area contributed by atoms with E-state index in [4.69, 9.17) is 18.7 Å². The van der Waals surface area contributed by atoms with E-state index in [0.717, 1.165) is 66.9 Å². The van der Waals surface area contributed by atoms with Crippen molar-refractivity contribution in [2.75, 3.05) is 32.9 Å². The Balaban J connectivity index is 1.04. The standard InChI is InChI=1S/C32H36N4O5/c1-23(40-30-4-2-3-18-39-30)31-33-14-17-36(31)21-28-20-29(41-34-28)26-9-7-24(8-10-26)5-6-25-11-15-35(16-12-25)32(37)27-13-19-38-22-27/h7-11,14,17,20,23,27,30H,2-4,12-13,15-16,18-19,21-22H2,1H3/t23-,27?,30?/m0/s1. The van der Waals surface area contributed by atoms with Gasteiger partial charge in [0.15, 0.2) is 12.1 Å². The van der Waals surface area contributed by atoms with E-state index in [-0.39, 0.29) is 24.2 Å². The predicted octanol–water partition coefficient (Wildman–Crippen LogP) is 4.74. The minimum Gasteiger partial charge on any atom is -0.381 e. The molecule has 2 fully saturated rings. The summed E-state index contributed by atoms with van der Waals surface area (Å²) in [7, 11) is 0. The molecular formula is C32H36N4O5. The normalized spacial score (nSPS) is 21.7. The molecule has 3 atom stereocenters. The van der Waals surface area contributed by atoms with E-state index >= 15 is 0 Å². The first-order valence-electron chi connectivity index (χ1n) is 14.5. The highest BCUT2D eigenvalue weighted by atomic mass is 16.7. The highest BCUT2D eigenvalue weighted by Crippen LogP contribution is 2.25. The van der Waals surface area contributed by atoms with Crippen LogP contribution in [0.25, 0.3) is 11.3 Å². The lowest BCUT2D eigenvalue weighted by Crippen LogP contribution is -2.39. The molecule has 9 nitrogen and oxygen atoms in total. The summed E-state index contributed by atoms with van der Waals surface area (Å²) < 4.78 is 24.9. The molecule has 2 saturated heterocycles. The van der Waals surface area contributed by atoms with Gasteiger partial charge in [-0.2, -0.15) is 0 Å². The van der Waals surface area contributed by atoms with Crippen LogP contribution in [0.5, 0.6) is 0 Å². The number of ether oxygens (including phenoxy) is 3. The van der Waals surface area contributed by atoms with Gasteiger partial charge in [0, 0.05) is 61.5 Å². The zero-order chi connectivity index (χ0) is 28.0. The quantitative estimate of drug-likeness (QED) is 0.388. The van der Waals surface area contributed by atoms with E-state index in [2.05, 4.69) is 28.1 Å². The van der Waals surface area contributed by atoms with E-state index in [1.807, 2.05) is 52.9 Å². The van der Waals surface area contributed by atoms with Gasteiger partial charge in [-0.15, -0.1) is 0 Å². The summed E-state index contributed by atoms with van der Waals surface area (Å²) >= 11 is 0. The molecule has 3 aromatic rings. The van der Waals surface area contributed by atoms with Gasteiger partial charge in [-0.05, 0) is 63.3 Å². The molecule has 5 heterocycles. The summed E-state index contributed by atoms with van der Waals surface area (Å²) in [6.07, 6.45) is 10.2. The minimum absolute atomic E-state index is 0.0168. The van der Waals surface area contributed by atoms with Crippen LogP contribution in [-0.4, -0.2) is 64.7 Å². The Morgan fingerprint density at radius 3 is 2.83 bits per heavy atom. The summed E-state index contributed by atoms with van der Waals surface area (Å²) in [5.74, 6) is 8.29. The van der Waals surface area contributed by atoms with Crippen LogP contribution in [-0.2, 0) is 25.5 Å². The molecule has 0 aliphatic carbocycles. The van der Waals surface area contributed by atoms with E-state index < -0.39 is 0 Å². The van der Waals surface area contributed by atoms with E-state index in [9.17, 15) is 4.79 Å². The fourth-order valence-electron chi connectivity index (χ4n) is 5.46. The van der Waals surface area contributed by atoms with Crippen LogP contribution in [0.1, 0.15) is 62.2 Å². The van der Waals surface area contributed by atoms with Crippen molar-refractivity contribution in [2.24, 2.45) is 5.92 Å². The number of hydrogen-bond donors (Lipinski definition) is 0. The largest absolute Gasteiger partial charge is 0.381 e. The summed E-state index contributed by atoms with van der Waals surface area (Å²) in [6.45, 7) is 5.85. The Bertz CT molecular complexity index is 1420. The minimum atomic E-state index is -0.189. The van der Waals surface area contributed by atoms with Crippen LogP contribution in [0.2, 0.25) is 0 Å². The molecule has 0 bridgehead atoms. The van der Waals surface area contributed by atoms with Crippen molar-refractivity contribution in [3.05, 3.63) is 71.5 Å². The number of benzene rings is 1. The number of aromatic nitrogens is 3. The third-order valence-electron chi connectivity index (χ3n) is 7.83. The summed E-state index contributed by atoms with van der Waals surface area (Å²) in [4.78, 5) is 19.0. The third kappa shape index (κ3) is 6.79. The lowest BCUT2D eigenvalue weighted by molar-refractivity contribution is -0.188. The Kier molecular flexibility index (Phi) is 8.61. The van der Waals surface area contributed by atoms with Gasteiger partial charge < -0.3 is 28.2 Å². The van der Waals surface area contributed by atoms with Crippen LogP contribution in [0.4, 0.5) is 0 Å². The highest BCUT2D eigenvalue weighted by molar-refractivity contribution is 5.79. The lowest BCUT2D eigenvalue weighted by Gasteiger charge is -2.27. The van der Waals surface area contributed by atoms with E-state index in [1.54, 1.807) is 6.20 Å². The molecule has 0 saturated carbocycles. The Morgan fingerprint density at radius 2 is 2.07 bits per heavy atom. The zero-order valence-electron chi connectivity index (χ0n) is 23.5. The number of imidazole rings is 1. The second-order valence-corrected chi connectivity index (χ2v) is 10.8. The maximum atomic E-state index is 12.6. The number of hydrogen-bond acceptors (Lipinski definition) is 7. The average Bonchev–Trinajstić information content (AvgIpc) is 3.80. The molecule has 214 valence electrons. The van der Waals surface area contributed by atoms with Crippen molar-refractivity contribution < 1.29 is 23.5 Å². The molecule has 41 heavy (non-hydrogen) atoms. The molecule has 2 unspecified atom stereocenters.